The Morgan fingerprint density at radius 1 is 1.11 bits per heavy atom. The molecule has 0 saturated heterocycles. The van der Waals surface area contributed by atoms with E-state index < -0.39 is 11.9 Å². The summed E-state index contributed by atoms with van der Waals surface area (Å²) in [6.07, 6.45) is 1.45. The number of nitrogens with one attached hydrogen (secondary N) is 2. The maximum atomic E-state index is 12.9. The monoisotopic (exact) mass is 380 g/mol. The molecule has 3 aromatic rings. The van der Waals surface area contributed by atoms with Crippen molar-refractivity contribution in [3.63, 3.8) is 0 Å². The van der Waals surface area contributed by atoms with E-state index in [1.54, 1.807) is 36.4 Å². The molecular formula is C20H17FN4O3. The molecule has 1 amide bonds. The number of halogens is 1. The molecule has 142 valence electrons. The molecule has 0 fully saturated rings. The highest BCUT2D eigenvalue weighted by Gasteiger charge is 2.10. The lowest BCUT2D eigenvalue weighted by atomic mass is 10.2. The quantitative estimate of drug-likeness (QED) is 0.639. The van der Waals surface area contributed by atoms with Gasteiger partial charge in [-0.05, 0) is 42.0 Å². The first-order valence-electron chi connectivity index (χ1n) is 8.36. The fourth-order valence-corrected chi connectivity index (χ4v) is 2.39. The molecule has 0 spiro atoms. The highest BCUT2D eigenvalue weighted by Crippen LogP contribution is 2.15. The van der Waals surface area contributed by atoms with Crippen LogP contribution in [-0.2, 0) is 11.3 Å². The number of anilines is 2. The Hall–Kier alpha value is -3.81. The van der Waals surface area contributed by atoms with Gasteiger partial charge in [0.15, 0.2) is 0 Å². The lowest BCUT2D eigenvalue weighted by Crippen LogP contribution is -2.24. The predicted molar refractivity (Wildman–Crippen MR) is 101 cm³/mol. The molecule has 0 aliphatic rings. The standard InChI is InChI=1S/C20H17FN4O3/c1-28-19(27)14-3-2-4-16(11-14)24-20-22-10-9-17(25-20)18(26)23-12-13-5-7-15(21)8-6-13/h2-11H,12H2,1H3,(H,23,26)(H,22,24,25). The van der Waals surface area contributed by atoms with Gasteiger partial charge in [0.2, 0.25) is 5.95 Å². The number of aromatic nitrogens is 2. The zero-order valence-electron chi connectivity index (χ0n) is 15.0. The van der Waals surface area contributed by atoms with E-state index in [1.807, 2.05) is 0 Å². The highest BCUT2D eigenvalue weighted by molar-refractivity contribution is 5.92. The predicted octanol–water partition coefficient (Wildman–Crippen LogP) is 3.08. The van der Waals surface area contributed by atoms with Gasteiger partial charge in [-0.2, -0.15) is 0 Å². The van der Waals surface area contributed by atoms with Gasteiger partial charge in [-0.15, -0.1) is 0 Å². The summed E-state index contributed by atoms with van der Waals surface area (Å²) < 4.78 is 17.6. The fourth-order valence-electron chi connectivity index (χ4n) is 2.39. The summed E-state index contributed by atoms with van der Waals surface area (Å²) in [6, 6.07) is 14.0. The number of esters is 1. The number of carbonyl (C=O) groups excluding carboxylic acids is 2. The zero-order valence-corrected chi connectivity index (χ0v) is 15.0. The van der Waals surface area contributed by atoms with Gasteiger partial charge in [0, 0.05) is 18.4 Å². The normalized spacial score (nSPS) is 10.2. The highest BCUT2D eigenvalue weighted by atomic mass is 19.1. The van der Waals surface area contributed by atoms with Crippen LogP contribution in [-0.4, -0.2) is 29.0 Å². The number of nitrogens with zero attached hydrogens (tertiary/aromatic N) is 2. The van der Waals surface area contributed by atoms with Crippen LogP contribution >= 0.6 is 0 Å². The van der Waals surface area contributed by atoms with Crippen LogP contribution in [0.3, 0.4) is 0 Å². The van der Waals surface area contributed by atoms with Crippen molar-refractivity contribution < 1.29 is 18.7 Å². The van der Waals surface area contributed by atoms with E-state index >= 15 is 0 Å². The van der Waals surface area contributed by atoms with E-state index in [2.05, 4.69) is 20.6 Å². The van der Waals surface area contributed by atoms with Crippen molar-refractivity contribution in [3.8, 4) is 0 Å². The summed E-state index contributed by atoms with van der Waals surface area (Å²) in [5, 5.41) is 5.66. The number of methoxy groups -OCH3 is 1. The molecular weight excluding hydrogens is 363 g/mol. The Morgan fingerprint density at radius 3 is 2.64 bits per heavy atom. The third-order valence-corrected chi connectivity index (χ3v) is 3.79. The van der Waals surface area contributed by atoms with E-state index in [9.17, 15) is 14.0 Å². The smallest absolute Gasteiger partial charge is 0.337 e. The first-order chi connectivity index (χ1) is 13.5. The first kappa shape index (κ1) is 19.0. The van der Waals surface area contributed by atoms with Gasteiger partial charge in [0.1, 0.15) is 11.5 Å². The molecule has 2 N–H and O–H groups in total. The van der Waals surface area contributed by atoms with Crippen molar-refractivity contribution in [3.05, 3.63) is 83.4 Å². The second-order valence-corrected chi connectivity index (χ2v) is 5.77. The van der Waals surface area contributed by atoms with Crippen molar-refractivity contribution in [2.75, 3.05) is 12.4 Å². The van der Waals surface area contributed by atoms with Crippen molar-refractivity contribution in [2.24, 2.45) is 0 Å². The summed E-state index contributed by atoms with van der Waals surface area (Å²) in [5.74, 6) is -0.981. The van der Waals surface area contributed by atoms with E-state index in [1.165, 1.54) is 31.5 Å². The van der Waals surface area contributed by atoms with Crippen molar-refractivity contribution in [1.82, 2.24) is 15.3 Å². The molecule has 0 aliphatic carbocycles. The van der Waals surface area contributed by atoms with Crippen LogP contribution in [0.15, 0.2) is 60.8 Å². The van der Waals surface area contributed by atoms with Crippen LogP contribution < -0.4 is 10.6 Å². The molecule has 0 atom stereocenters. The Labute approximate surface area is 160 Å². The average molecular weight is 380 g/mol. The van der Waals surface area contributed by atoms with E-state index in [-0.39, 0.29) is 24.0 Å². The maximum Gasteiger partial charge on any atom is 0.337 e. The number of ether oxygens (including phenoxy) is 1. The molecule has 1 aromatic heterocycles. The molecule has 0 unspecified atom stereocenters. The van der Waals surface area contributed by atoms with E-state index in [0.717, 1.165) is 5.56 Å². The van der Waals surface area contributed by atoms with Crippen LogP contribution in [0.25, 0.3) is 0 Å². The minimum absolute atomic E-state index is 0.170. The second-order valence-electron chi connectivity index (χ2n) is 5.77. The Balaban J connectivity index is 1.67. The Kier molecular flexibility index (Phi) is 5.91. The van der Waals surface area contributed by atoms with Gasteiger partial charge in [-0.1, -0.05) is 18.2 Å². The third-order valence-electron chi connectivity index (χ3n) is 3.79. The molecule has 0 radical (unpaired) electrons. The van der Waals surface area contributed by atoms with Crippen LogP contribution in [0, 0.1) is 5.82 Å². The molecule has 7 nitrogen and oxygen atoms in total. The Morgan fingerprint density at radius 2 is 1.89 bits per heavy atom. The van der Waals surface area contributed by atoms with E-state index in [0.29, 0.717) is 11.3 Å². The Bertz CT molecular complexity index is 993. The maximum absolute atomic E-state index is 12.9. The fraction of sp³-hybridized carbons (Fsp3) is 0.100. The number of rotatable bonds is 6. The van der Waals surface area contributed by atoms with Gasteiger partial charge in [-0.25, -0.2) is 19.2 Å². The summed E-state index contributed by atoms with van der Waals surface area (Å²) in [4.78, 5) is 32.2. The molecule has 28 heavy (non-hydrogen) atoms. The number of carbonyl (C=O) groups is 2. The zero-order chi connectivity index (χ0) is 19.9. The molecule has 0 saturated carbocycles. The largest absolute Gasteiger partial charge is 0.465 e. The summed E-state index contributed by atoms with van der Waals surface area (Å²) >= 11 is 0. The summed E-state index contributed by atoms with van der Waals surface area (Å²) in [6.45, 7) is 0.243. The van der Waals surface area contributed by atoms with Crippen molar-refractivity contribution in [2.45, 2.75) is 6.54 Å². The number of amides is 1. The molecule has 8 heteroatoms. The van der Waals surface area contributed by atoms with Gasteiger partial charge in [-0.3, -0.25) is 4.79 Å². The lowest BCUT2D eigenvalue weighted by Gasteiger charge is -2.08. The molecule has 2 aromatic carbocycles. The first-order valence-corrected chi connectivity index (χ1v) is 8.36. The minimum Gasteiger partial charge on any atom is -0.465 e. The number of hydrogen-bond acceptors (Lipinski definition) is 6. The molecule has 0 bridgehead atoms. The van der Waals surface area contributed by atoms with Crippen molar-refractivity contribution in [1.29, 1.82) is 0 Å². The average Bonchev–Trinajstić information content (AvgIpc) is 2.73. The topological polar surface area (TPSA) is 93.2 Å². The van der Waals surface area contributed by atoms with Crippen LogP contribution in [0.4, 0.5) is 16.0 Å². The second kappa shape index (κ2) is 8.72. The van der Waals surface area contributed by atoms with Gasteiger partial charge >= 0.3 is 5.97 Å². The molecule has 3 rings (SSSR count). The van der Waals surface area contributed by atoms with Crippen LogP contribution in [0.1, 0.15) is 26.4 Å². The third kappa shape index (κ3) is 4.88. The van der Waals surface area contributed by atoms with Crippen LogP contribution in [0.2, 0.25) is 0 Å². The summed E-state index contributed by atoms with van der Waals surface area (Å²) in [7, 11) is 1.31. The molecule has 0 aliphatic heterocycles. The van der Waals surface area contributed by atoms with Gasteiger partial charge in [0.25, 0.3) is 5.91 Å². The lowest BCUT2D eigenvalue weighted by molar-refractivity contribution is 0.0600. The van der Waals surface area contributed by atoms with Gasteiger partial charge < -0.3 is 15.4 Å². The van der Waals surface area contributed by atoms with Crippen molar-refractivity contribution >= 4 is 23.5 Å². The molecule has 1 heterocycles. The SMILES string of the molecule is COC(=O)c1cccc(Nc2nccc(C(=O)NCc3ccc(F)cc3)n2)c1. The summed E-state index contributed by atoms with van der Waals surface area (Å²) in [5.41, 5.74) is 1.89. The van der Waals surface area contributed by atoms with Gasteiger partial charge in [0.05, 0.1) is 12.7 Å². The minimum atomic E-state index is -0.460. The van der Waals surface area contributed by atoms with Crippen LogP contribution in [0.5, 0.6) is 0 Å². The number of hydrogen-bond donors (Lipinski definition) is 2. The number of benzene rings is 2. The van der Waals surface area contributed by atoms with E-state index in [4.69, 9.17) is 4.74 Å².